The Morgan fingerprint density at radius 3 is 2.38 bits per heavy atom. The second-order valence-electron chi connectivity index (χ2n) is 9.63. The third-order valence-corrected chi connectivity index (χ3v) is 6.22. The summed E-state index contributed by atoms with van der Waals surface area (Å²) < 4.78 is 35.4. The molecule has 1 N–H and O–H groups in total. The maximum atomic E-state index is 13.9. The molecular weight excluding hydrogens is 536 g/mol. The van der Waals surface area contributed by atoms with Crippen LogP contribution in [0.3, 0.4) is 0 Å². The summed E-state index contributed by atoms with van der Waals surface area (Å²) in [5.41, 5.74) is -1.91. The number of rotatable bonds is 7. The van der Waals surface area contributed by atoms with Crippen molar-refractivity contribution in [3.8, 4) is 5.75 Å². The van der Waals surface area contributed by atoms with Crippen LogP contribution in [0.2, 0.25) is 5.02 Å². The number of aromatic nitrogens is 3. The molecule has 9 nitrogen and oxygen atoms in total. The minimum absolute atomic E-state index is 0.00371. The first-order chi connectivity index (χ1) is 18.3. The SMILES string of the molecule is CC(=O)n1c(=O)n(C(=O)CC(C)(C)O)c2ccc(Cn3ccc(OCc4ccc(F)cc4F)c(Cl)c3=O)cc21. The zero-order valence-corrected chi connectivity index (χ0v) is 22.0. The number of fused-ring (bicyclic) bond motifs is 1. The zero-order valence-electron chi connectivity index (χ0n) is 21.2. The van der Waals surface area contributed by atoms with Crippen molar-refractivity contribution < 1.29 is 28.2 Å². The van der Waals surface area contributed by atoms with Crippen LogP contribution in [0.4, 0.5) is 8.78 Å². The van der Waals surface area contributed by atoms with Crippen molar-refractivity contribution in [3.63, 3.8) is 0 Å². The maximum Gasteiger partial charge on any atom is 0.342 e. The average Bonchev–Trinajstić information content (AvgIpc) is 3.12. The van der Waals surface area contributed by atoms with Gasteiger partial charge in [0, 0.05) is 24.8 Å². The molecule has 0 atom stereocenters. The standard InChI is InChI=1S/C27H24ClF2N3O6/c1-15(34)32-21-10-16(4-7-20(21)33(26(32)37)23(35)12-27(2,3)38)13-31-9-8-22(24(28)25(31)36)39-14-17-5-6-18(29)11-19(17)30/h4-11,38H,12-14H2,1-3H3. The van der Waals surface area contributed by atoms with Crippen molar-refractivity contribution in [2.45, 2.75) is 45.9 Å². The Hall–Kier alpha value is -4.09. The van der Waals surface area contributed by atoms with Gasteiger partial charge in [-0.2, -0.15) is 0 Å². The van der Waals surface area contributed by atoms with Crippen LogP contribution in [0.1, 0.15) is 47.9 Å². The van der Waals surface area contributed by atoms with Gasteiger partial charge in [-0.15, -0.1) is 0 Å². The van der Waals surface area contributed by atoms with Gasteiger partial charge in [-0.1, -0.05) is 17.7 Å². The molecule has 2 heterocycles. The number of carbonyl (C=O) groups is 2. The fourth-order valence-electron chi connectivity index (χ4n) is 4.09. The summed E-state index contributed by atoms with van der Waals surface area (Å²) in [6, 6.07) is 9.02. The van der Waals surface area contributed by atoms with Gasteiger partial charge < -0.3 is 14.4 Å². The largest absolute Gasteiger partial charge is 0.487 e. The highest BCUT2D eigenvalue weighted by Crippen LogP contribution is 2.23. The minimum atomic E-state index is -1.37. The molecule has 0 bridgehead atoms. The number of hydrogen-bond donors (Lipinski definition) is 1. The number of aliphatic hydroxyl groups is 1. The lowest BCUT2D eigenvalue weighted by atomic mass is 10.1. The molecule has 0 amide bonds. The number of imidazole rings is 1. The third kappa shape index (κ3) is 5.84. The van der Waals surface area contributed by atoms with Crippen LogP contribution in [-0.2, 0) is 13.2 Å². The Labute approximate surface area is 225 Å². The van der Waals surface area contributed by atoms with Gasteiger partial charge in [0.15, 0.2) is 0 Å². The monoisotopic (exact) mass is 559 g/mol. The summed E-state index contributed by atoms with van der Waals surface area (Å²) in [6.07, 6.45) is 1.06. The molecule has 0 saturated carbocycles. The van der Waals surface area contributed by atoms with Gasteiger partial charge in [-0.3, -0.25) is 14.4 Å². The van der Waals surface area contributed by atoms with Crippen LogP contribution in [-0.4, -0.2) is 36.2 Å². The van der Waals surface area contributed by atoms with E-state index in [0.29, 0.717) is 5.56 Å². The molecule has 2 aromatic heterocycles. The summed E-state index contributed by atoms with van der Waals surface area (Å²) in [5.74, 6) is -2.81. The zero-order chi connectivity index (χ0) is 28.6. The molecule has 39 heavy (non-hydrogen) atoms. The van der Waals surface area contributed by atoms with E-state index in [0.717, 1.165) is 21.3 Å². The smallest absolute Gasteiger partial charge is 0.342 e. The quantitative estimate of drug-likeness (QED) is 0.366. The van der Waals surface area contributed by atoms with Crippen molar-refractivity contribution in [2.75, 3.05) is 0 Å². The highest BCUT2D eigenvalue weighted by atomic mass is 35.5. The first-order valence-corrected chi connectivity index (χ1v) is 12.1. The van der Waals surface area contributed by atoms with Gasteiger partial charge in [-0.25, -0.2) is 22.7 Å². The number of carbonyl (C=O) groups excluding carboxylic acids is 2. The number of ether oxygens (including phenoxy) is 1. The van der Waals surface area contributed by atoms with Gasteiger partial charge in [0.05, 0.1) is 29.6 Å². The van der Waals surface area contributed by atoms with Crippen molar-refractivity contribution in [2.24, 2.45) is 0 Å². The van der Waals surface area contributed by atoms with E-state index < -0.39 is 40.3 Å². The van der Waals surface area contributed by atoms with Gasteiger partial charge >= 0.3 is 5.69 Å². The van der Waals surface area contributed by atoms with E-state index in [2.05, 4.69) is 0 Å². The van der Waals surface area contributed by atoms with Crippen molar-refractivity contribution in [1.82, 2.24) is 13.7 Å². The normalized spacial score (nSPS) is 11.7. The number of hydrogen-bond acceptors (Lipinski definition) is 6. The molecule has 0 aliphatic rings. The van der Waals surface area contributed by atoms with E-state index in [1.54, 1.807) is 6.07 Å². The molecule has 0 radical (unpaired) electrons. The molecule has 12 heteroatoms. The Balaban J connectivity index is 1.64. The fraction of sp³-hybridized carbons (Fsp3) is 0.259. The molecule has 4 aromatic rings. The molecule has 0 unspecified atom stereocenters. The van der Waals surface area contributed by atoms with E-state index >= 15 is 0 Å². The number of halogens is 3. The lowest BCUT2D eigenvalue weighted by Crippen LogP contribution is -2.35. The molecular formula is C27H24ClF2N3O6. The Morgan fingerprint density at radius 1 is 1.03 bits per heavy atom. The van der Waals surface area contributed by atoms with Gasteiger partial charge in [0.1, 0.15) is 29.0 Å². The maximum absolute atomic E-state index is 13.9. The number of nitrogens with zero attached hydrogens (tertiary/aromatic N) is 3. The second-order valence-corrected chi connectivity index (χ2v) is 10.0. The third-order valence-electron chi connectivity index (χ3n) is 5.87. The van der Waals surface area contributed by atoms with Crippen LogP contribution in [0.25, 0.3) is 11.0 Å². The van der Waals surface area contributed by atoms with Crippen molar-refractivity contribution in [1.29, 1.82) is 0 Å². The molecule has 0 saturated heterocycles. The van der Waals surface area contributed by atoms with Crippen LogP contribution in [0, 0.1) is 11.6 Å². The van der Waals surface area contributed by atoms with Crippen LogP contribution >= 0.6 is 11.6 Å². The lowest BCUT2D eigenvalue weighted by Gasteiger charge is -2.15. The second kappa shape index (κ2) is 10.6. The van der Waals surface area contributed by atoms with E-state index in [1.807, 2.05) is 0 Å². The molecule has 2 aromatic carbocycles. The molecule has 0 aliphatic carbocycles. The predicted molar refractivity (Wildman–Crippen MR) is 140 cm³/mol. The predicted octanol–water partition coefficient (Wildman–Crippen LogP) is 3.98. The van der Waals surface area contributed by atoms with Crippen molar-refractivity contribution in [3.05, 3.63) is 97.3 Å². The lowest BCUT2D eigenvalue weighted by molar-refractivity contribution is 0.0530. The molecule has 0 aliphatic heterocycles. The van der Waals surface area contributed by atoms with Gasteiger partial charge in [0.2, 0.25) is 11.8 Å². The molecule has 0 spiro atoms. The van der Waals surface area contributed by atoms with E-state index in [9.17, 15) is 33.1 Å². The summed E-state index contributed by atoms with van der Waals surface area (Å²) in [5, 5.41) is 9.77. The van der Waals surface area contributed by atoms with E-state index in [4.69, 9.17) is 16.3 Å². The summed E-state index contributed by atoms with van der Waals surface area (Å²) in [6.45, 7) is 3.75. The van der Waals surface area contributed by atoms with E-state index in [1.165, 1.54) is 55.8 Å². The van der Waals surface area contributed by atoms with Gasteiger partial charge in [0.25, 0.3) is 5.56 Å². The summed E-state index contributed by atoms with van der Waals surface area (Å²) in [7, 11) is 0. The summed E-state index contributed by atoms with van der Waals surface area (Å²) in [4.78, 5) is 50.9. The van der Waals surface area contributed by atoms with Gasteiger partial charge in [-0.05, 0) is 49.7 Å². The Kier molecular flexibility index (Phi) is 7.58. The number of pyridine rings is 1. The Morgan fingerprint density at radius 2 is 1.74 bits per heavy atom. The topological polar surface area (TPSA) is 113 Å². The van der Waals surface area contributed by atoms with Crippen molar-refractivity contribution >= 4 is 34.4 Å². The minimum Gasteiger partial charge on any atom is -0.487 e. The summed E-state index contributed by atoms with van der Waals surface area (Å²) >= 11 is 6.21. The molecule has 4 rings (SSSR count). The fourth-order valence-corrected chi connectivity index (χ4v) is 4.32. The van der Waals surface area contributed by atoms with Crippen LogP contribution in [0.5, 0.6) is 5.75 Å². The van der Waals surface area contributed by atoms with Crippen LogP contribution in [0.15, 0.2) is 58.3 Å². The number of benzene rings is 2. The first-order valence-electron chi connectivity index (χ1n) is 11.8. The average molecular weight is 560 g/mol. The Bertz CT molecular complexity index is 1730. The first kappa shape index (κ1) is 27.9. The van der Waals surface area contributed by atoms with Crippen LogP contribution < -0.4 is 16.0 Å². The molecule has 204 valence electrons. The van der Waals surface area contributed by atoms with E-state index in [-0.39, 0.29) is 46.9 Å². The highest BCUT2D eigenvalue weighted by molar-refractivity contribution is 6.31. The highest BCUT2D eigenvalue weighted by Gasteiger charge is 2.25. The molecule has 0 fully saturated rings.